The zero-order chi connectivity index (χ0) is 17.9. The molecule has 0 unspecified atom stereocenters. The molecule has 1 rings (SSSR count). The molecule has 138 valence electrons. The van der Waals surface area contributed by atoms with Crippen LogP contribution in [0.5, 0.6) is 0 Å². The van der Waals surface area contributed by atoms with Crippen LogP contribution in [0.15, 0.2) is 0 Å². The maximum Gasteiger partial charge on any atom is 0.320 e. The van der Waals surface area contributed by atoms with Gasteiger partial charge in [0, 0.05) is 0 Å². The van der Waals surface area contributed by atoms with Gasteiger partial charge in [-0.2, -0.15) is 0 Å². The van der Waals surface area contributed by atoms with Crippen LogP contribution in [0.2, 0.25) is 0 Å². The average Bonchev–Trinajstić information content (AvgIpc) is 2.47. The third-order valence-electron chi connectivity index (χ3n) is 3.17. The highest BCUT2D eigenvalue weighted by atomic mass is 16.5. The average molecular weight is 345 g/mol. The van der Waals surface area contributed by atoms with Crippen molar-refractivity contribution in [3.63, 3.8) is 0 Å². The summed E-state index contributed by atoms with van der Waals surface area (Å²) >= 11 is 0. The molecule has 0 aromatic carbocycles. The summed E-state index contributed by atoms with van der Waals surface area (Å²) < 4.78 is 14.9. The van der Waals surface area contributed by atoms with Crippen LogP contribution in [-0.4, -0.2) is 92.1 Å². The van der Waals surface area contributed by atoms with E-state index in [1.165, 1.54) is 0 Å². The zero-order valence-electron chi connectivity index (χ0n) is 14.7. The molecule has 0 aromatic heterocycles. The third kappa shape index (κ3) is 7.71. The van der Waals surface area contributed by atoms with Gasteiger partial charge in [-0.25, -0.2) is 0 Å². The molecule has 1 fully saturated rings. The molecule has 0 N–H and O–H groups in total. The molecule has 9 nitrogen and oxygen atoms in total. The van der Waals surface area contributed by atoms with Gasteiger partial charge in [0.1, 0.15) is 0 Å². The van der Waals surface area contributed by atoms with Crippen LogP contribution in [0.1, 0.15) is 20.8 Å². The number of hydrogen-bond acceptors (Lipinski definition) is 9. The van der Waals surface area contributed by atoms with Crippen molar-refractivity contribution in [2.45, 2.75) is 20.8 Å². The molecule has 1 aliphatic heterocycles. The lowest BCUT2D eigenvalue weighted by atomic mass is 10.4. The van der Waals surface area contributed by atoms with Crippen molar-refractivity contribution in [3.05, 3.63) is 0 Å². The first-order valence-corrected chi connectivity index (χ1v) is 8.12. The second-order valence-corrected chi connectivity index (χ2v) is 5.33. The largest absolute Gasteiger partial charge is 0.465 e. The lowest BCUT2D eigenvalue weighted by molar-refractivity contribution is -0.153. The normalized spacial score (nSPS) is 16.6. The summed E-state index contributed by atoms with van der Waals surface area (Å²) in [6.07, 6.45) is 0. The molecule has 0 amide bonds. The number of ether oxygens (including phenoxy) is 3. The Morgan fingerprint density at radius 1 is 0.625 bits per heavy atom. The lowest BCUT2D eigenvalue weighted by Crippen LogP contribution is -2.58. The minimum atomic E-state index is -0.341. The maximum absolute atomic E-state index is 11.7. The number of esters is 3. The Morgan fingerprint density at radius 2 is 0.875 bits per heavy atom. The van der Waals surface area contributed by atoms with Crippen LogP contribution in [0.25, 0.3) is 0 Å². The van der Waals surface area contributed by atoms with Crippen LogP contribution >= 0.6 is 0 Å². The Bertz CT molecular complexity index is 364. The predicted octanol–water partition coefficient (Wildman–Crippen LogP) is -0.532. The second-order valence-electron chi connectivity index (χ2n) is 5.33. The van der Waals surface area contributed by atoms with E-state index in [9.17, 15) is 14.4 Å². The molecule has 0 bridgehead atoms. The quantitative estimate of drug-likeness (QED) is 0.404. The Morgan fingerprint density at radius 3 is 1.08 bits per heavy atom. The van der Waals surface area contributed by atoms with Crippen molar-refractivity contribution in [2.75, 3.05) is 59.5 Å². The highest BCUT2D eigenvalue weighted by molar-refractivity contribution is 5.73. The van der Waals surface area contributed by atoms with E-state index in [4.69, 9.17) is 14.2 Å². The summed E-state index contributed by atoms with van der Waals surface area (Å²) in [4.78, 5) is 40.5. The fourth-order valence-corrected chi connectivity index (χ4v) is 2.45. The van der Waals surface area contributed by atoms with Crippen LogP contribution in [0, 0.1) is 0 Å². The first-order valence-electron chi connectivity index (χ1n) is 8.12. The SMILES string of the molecule is CCOC(=O)CN1CN(CC(=O)OCC)CN(CC(=O)OCC)C1. The van der Waals surface area contributed by atoms with Crippen LogP contribution in [-0.2, 0) is 28.6 Å². The summed E-state index contributed by atoms with van der Waals surface area (Å²) in [7, 11) is 0. The van der Waals surface area contributed by atoms with Crippen molar-refractivity contribution < 1.29 is 28.6 Å². The lowest BCUT2D eigenvalue weighted by Gasteiger charge is -2.40. The Kier molecular flexibility index (Phi) is 9.28. The predicted molar refractivity (Wildman–Crippen MR) is 84.6 cm³/mol. The van der Waals surface area contributed by atoms with E-state index >= 15 is 0 Å². The van der Waals surface area contributed by atoms with Gasteiger partial charge in [-0.3, -0.25) is 29.1 Å². The number of hydrogen-bond donors (Lipinski definition) is 0. The van der Waals surface area contributed by atoms with Gasteiger partial charge in [0.15, 0.2) is 0 Å². The Labute approximate surface area is 142 Å². The van der Waals surface area contributed by atoms with Crippen molar-refractivity contribution in [1.29, 1.82) is 0 Å². The van der Waals surface area contributed by atoms with Crippen molar-refractivity contribution in [3.8, 4) is 0 Å². The van der Waals surface area contributed by atoms with E-state index in [2.05, 4.69) is 0 Å². The second kappa shape index (κ2) is 11.0. The molecule has 9 heteroatoms. The molecule has 24 heavy (non-hydrogen) atoms. The van der Waals surface area contributed by atoms with E-state index in [0.717, 1.165) is 0 Å². The van der Waals surface area contributed by atoms with Crippen molar-refractivity contribution >= 4 is 17.9 Å². The minimum absolute atomic E-state index is 0.0898. The summed E-state index contributed by atoms with van der Waals surface area (Å²) in [5.41, 5.74) is 0. The molecule has 1 aliphatic rings. The van der Waals surface area contributed by atoms with Gasteiger partial charge in [-0.15, -0.1) is 0 Å². The molecular weight excluding hydrogens is 318 g/mol. The molecule has 0 saturated carbocycles. The first-order chi connectivity index (χ1) is 11.5. The van der Waals surface area contributed by atoms with Gasteiger partial charge < -0.3 is 14.2 Å². The number of rotatable bonds is 9. The van der Waals surface area contributed by atoms with Gasteiger partial charge in [0.05, 0.1) is 59.5 Å². The topological polar surface area (TPSA) is 88.6 Å². The van der Waals surface area contributed by atoms with Crippen molar-refractivity contribution in [2.24, 2.45) is 0 Å². The first kappa shape index (κ1) is 20.3. The van der Waals surface area contributed by atoms with E-state index < -0.39 is 0 Å². The highest BCUT2D eigenvalue weighted by Crippen LogP contribution is 2.08. The van der Waals surface area contributed by atoms with Crippen LogP contribution in [0.4, 0.5) is 0 Å². The molecule has 0 spiro atoms. The third-order valence-corrected chi connectivity index (χ3v) is 3.17. The Balaban J connectivity index is 2.64. The molecule has 0 radical (unpaired) electrons. The summed E-state index contributed by atoms with van der Waals surface area (Å²) in [5.74, 6) is -1.02. The van der Waals surface area contributed by atoms with E-state index in [-0.39, 0.29) is 37.5 Å². The molecule has 0 atom stereocenters. The van der Waals surface area contributed by atoms with Gasteiger partial charge in [-0.1, -0.05) is 0 Å². The zero-order valence-corrected chi connectivity index (χ0v) is 14.7. The van der Waals surface area contributed by atoms with Gasteiger partial charge in [0.25, 0.3) is 0 Å². The molecular formula is C15H27N3O6. The summed E-state index contributed by atoms with van der Waals surface area (Å²) in [5, 5.41) is 0. The summed E-state index contributed by atoms with van der Waals surface area (Å²) in [6, 6.07) is 0. The monoisotopic (exact) mass is 345 g/mol. The molecule has 1 saturated heterocycles. The van der Waals surface area contributed by atoms with E-state index in [0.29, 0.717) is 39.8 Å². The number of nitrogens with zero attached hydrogens (tertiary/aromatic N) is 3. The summed E-state index contributed by atoms with van der Waals surface area (Å²) in [6.45, 7) is 7.68. The number of carbonyl (C=O) groups is 3. The highest BCUT2D eigenvalue weighted by Gasteiger charge is 2.28. The standard InChI is InChI=1S/C15H27N3O6/c1-4-22-13(19)7-16-10-17(8-14(20)23-5-2)12-18(11-16)9-15(21)24-6-3/h4-12H2,1-3H3. The smallest absolute Gasteiger partial charge is 0.320 e. The molecule has 1 heterocycles. The van der Waals surface area contributed by atoms with E-state index in [1.54, 1.807) is 35.5 Å². The van der Waals surface area contributed by atoms with Crippen LogP contribution < -0.4 is 0 Å². The Hall–Kier alpha value is -1.71. The molecule has 0 aromatic rings. The fourth-order valence-electron chi connectivity index (χ4n) is 2.45. The van der Waals surface area contributed by atoms with Gasteiger partial charge in [-0.05, 0) is 20.8 Å². The molecule has 0 aliphatic carbocycles. The fraction of sp³-hybridized carbons (Fsp3) is 0.800. The van der Waals surface area contributed by atoms with E-state index in [1.807, 2.05) is 0 Å². The number of carbonyl (C=O) groups excluding carboxylic acids is 3. The minimum Gasteiger partial charge on any atom is -0.465 e. The van der Waals surface area contributed by atoms with Gasteiger partial charge >= 0.3 is 17.9 Å². The van der Waals surface area contributed by atoms with Gasteiger partial charge in [0.2, 0.25) is 0 Å². The van der Waals surface area contributed by atoms with Crippen molar-refractivity contribution in [1.82, 2.24) is 14.7 Å². The van der Waals surface area contributed by atoms with Crippen LogP contribution in [0.3, 0.4) is 0 Å². The maximum atomic E-state index is 11.7.